The van der Waals surface area contributed by atoms with E-state index in [2.05, 4.69) is 16.0 Å². The van der Waals surface area contributed by atoms with Gasteiger partial charge in [-0.25, -0.2) is 0 Å². The first-order valence-electron chi connectivity index (χ1n) is 10.5. The van der Waals surface area contributed by atoms with E-state index in [1.165, 1.54) is 0 Å². The van der Waals surface area contributed by atoms with Crippen LogP contribution in [0.15, 0.2) is 30.3 Å². The largest absolute Gasteiger partial charge is 0.481 e. The van der Waals surface area contributed by atoms with Gasteiger partial charge in [-0.05, 0) is 24.9 Å². The number of hydrogen-bond donors (Lipinski definition) is 7. The van der Waals surface area contributed by atoms with E-state index in [9.17, 15) is 24.0 Å². The number of hydrogen-bond acceptors (Lipinski definition) is 7. The first-order chi connectivity index (χ1) is 15.6. The smallest absolute Gasteiger partial charge is 0.322 e. The van der Waals surface area contributed by atoms with Crippen LogP contribution in [-0.2, 0) is 30.4 Å². The van der Waals surface area contributed by atoms with E-state index in [1.54, 1.807) is 30.3 Å². The molecule has 0 aliphatic heterocycles. The minimum Gasteiger partial charge on any atom is -0.481 e. The molecule has 0 aliphatic carbocycles. The summed E-state index contributed by atoms with van der Waals surface area (Å²) in [6, 6.07) is 4.98. The molecule has 0 heterocycles. The second-order valence-corrected chi connectivity index (χ2v) is 7.41. The van der Waals surface area contributed by atoms with Gasteiger partial charge in [0.25, 0.3) is 0 Å². The van der Waals surface area contributed by atoms with Crippen molar-refractivity contribution < 1.29 is 34.2 Å². The molecule has 9 N–H and O–H groups in total. The standard InChI is InChI=1S/C21H31N5O7/c22-9-5-4-8-14(23)19(31)25-16(11-17(27)28)21(33)26-15(20(32)24-12-18(29)30)10-13-6-2-1-3-7-13/h1-3,6-7,14-16H,4-5,8-12,22-23H2,(H,24,32)(H,25,31)(H,26,33)(H,27,28)(H,29,30). The Kier molecular flexibility index (Phi) is 12.1. The van der Waals surface area contributed by atoms with Crippen molar-refractivity contribution in [3.63, 3.8) is 0 Å². The summed E-state index contributed by atoms with van der Waals surface area (Å²) < 4.78 is 0. The molecule has 3 unspecified atom stereocenters. The van der Waals surface area contributed by atoms with Crippen LogP contribution in [0.3, 0.4) is 0 Å². The first kappa shape index (κ1) is 27.5. The van der Waals surface area contributed by atoms with Crippen molar-refractivity contribution in [1.29, 1.82) is 0 Å². The molecule has 3 amide bonds. The van der Waals surface area contributed by atoms with Crippen molar-refractivity contribution >= 4 is 29.7 Å². The molecule has 1 aromatic rings. The Bertz CT molecular complexity index is 818. The predicted octanol–water partition coefficient (Wildman–Crippen LogP) is -1.67. The topological polar surface area (TPSA) is 214 Å². The molecule has 0 saturated heterocycles. The highest BCUT2D eigenvalue weighted by Gasteiger charge is 2.30. The minimum absolute atomic E-state index is 0.0182. The lowest BCUT2D eigenvalue weighted by molar-refractivity contribution is -0.141. The highest BCUT2D eigenvalue weighted by Crippen LogP contribution is 2.06. The fourth-order valence-electron chi connectivity index (χ4n) is 2.92. The lowest BCUT2D eigenvalue weighted by Crippen LogP contribution is -2.57. The van der Waals surface area contributed by atoms with Gasteiger partial charge in [0, 0.05) is 6.42 Å². The predicted molar refractivity (Wildman–Crippen MR) is 118 cm³/mol. The molecule has 1 rings (SSSR count). The number of rotatable bonds is 15. The normalized spacial score (nSPS) is 13.3. The van der Waals surface area contributed by atoms with Gasteiger partial charge in [0.15, 0.2) is 0 Å². The summed E-state index contributed by atoms with van der Waals surface area (Å²) >= 11 is 0. The number of amides is 3. The second-order valence-electron chi connectivity index (χ2n) is 7.41. The summed E-state index contributed by atoms with van der Waals surface area (Å²) in [5.41, 5.74) is 11.9. The van der Waals surface area contributed by atoms with Crippen molar-refractivity contribution in [2.45, 2.75) is 50.2 Å². The lowest BCUT2D eigenvalue weighted by atomic mass is 10.0. The van der Waals surface area contributed by atoms with Gasteiger partial charge in [0.1, 0.15) is 18.6 Å². The molecule has 0 spiro atoms. The minimum atomic E-state index is -1.49. The van der Waals surface area contributed by atoms with E-state index < -0.39 is 60.8 Å². The monoisotopic (exact) mass is 465 g/mol. The summed E-state index contributed by atoms with van der Waals surface area (Å²) in [4.78, 5) is 59.6. The highest BCUT2D eigenvalue weighted by molar-refractivity contribution is 5.95. The van der Waals surface area contributed by atoms with Gasteiger partial charge in [-0.3, -0.25) is 24.0 Å². The Balaban J connectivity index is 2.93. The number of carboxylic acids is 2. The molecule has 12 heteroatoms. The van der Waals surface area contributed by atoms with Crippen molar-refractivity contribution in [2.24, 2.45) is 11.5 Å². The molecule has 182 valence electrons. The van der Waals surface area contributed by atoms with Crippen LogP contribution in [0.2, 0.25) is 0 Å². The van der Waals surface area contributed by atoms with Gasteiger partial charge < -0.3 is 37.6 Å². The summed E-state index contributed by atoms with van der Waals surface area (Å²) in [5, 5.41) is 24.9. The SMILES string of the molecule is NCCCCC(N)C(=O)NC(CC(=O)O)C(=O)NC(Cc1ccccc1)C(=O)NCC(=O)O. The Hall–Kier alpha value is -3.51. The summed E-state index contributed by atoms with van der Waals surface area (Å²) in [6.45, 7) is -0.224. The molecule has 12 nitrogen and oxygen atoms in total. The number of carbonyl (C=O) groups excluding carboxylic acids is 3. The lowest BCUT2D eigenvalue weighted by Gasteiger charge is -2.23. The van der Waals surface area contributed by atoms with Crippen LogP contribution in [0.25, 0.3) is 0 Å². The number of carbonyl (C=O) groups is 5. The van der Waals surface area contributed by atoms with Crippen LogP contribution in [0.1, 0.15) is 31.2 Å². The van der Waals surface area contributed by atoms with E-state index in [0.29, 0.717) is 31.4 Å². The van der Waals surface area contributed by atoms with Gasteiger partial charge >= 0.3 is 11.9 Å². The third-order valence-corrected chi connectivity index (χ3v) is 4.65. The number of carboxylic acid groups (broad SMARTS) is 2. The van der Waals surface area contributed by atoms with Gasteiger partial charge in [-0.15, -0.1) is 0 Å². The molecular weight excluding hydrogens is 434 g/mol. The van der Waals surface area contributed by atoms with Crippen molar-refractivity contribution in [1.82, 2.24) is 16.0 Å². The second kappa shape index (κ2) is 14.5. The number of nitrogens with one attached hydrogen (secondary N) is 3. The molecule has 0 bridgehead atoms. The van der Waals surface area contributed by atoms with Crippen molar-refractivity contribution in [3.05, 3.63) is 35.9 Å². The van der Waals surface area contributed by atoms with Crippen LogP contribution in [0.4, 0.5) is 0 Å². The number of aliphatic carboxylic acids is 2. The Morgan fingerprint density at radius 3 is 2.06 bits per heavy atom. The molecule has 0 radical (unpaired) electrons. The average molecular weight is 466 g/mol. The molecule has 0 aliphatic rings. The molecule has 0 aromatic heterocycles. The molecular formula is C21H31N5O7. The number of benzene rings is 1. The van der Waals surface area contributed by atoms with E-state index in [1.807, 2.05) is 0 Å². The average Bonchev–Trinajstić information content (AvgIpc) is 2.76. The first-order valence-corrected chi connectivity index (χ1v) is 10.5. The number of nitrogens with two attached hydrogens (primary N) is 2. The van der Waals surface area contributed by atoms with Gasteiger partial charge in [0.05, 0.1) is 12.5 Å². The Labute approximate surface area is 191 Å². The molecule has 3 atom stereocenters. The van der Waals surface area contributed by atoms with Crippen molar-refractivity contribution in [2.75, 3.05) is 13.1 Å². The van der Waals surface area contributed by atoms with Gasteiger partial charge in [0.2, 0.25) is 17.7 Å². The van der Waals surface area contributed by atoms with Crippen LogP contribution in [0, 0.1) is 0 Å². The highest BCUT2D eigenvalue weighted by atomic mass is 16.4. The molecule has 0 saturated carbocycles. The van der Waals surface area contributed by atoms with Crippen LogP contribution in [-0.4, -0.2) is 71.1 Å². The zero-order valence-corrected chi connectivity index (χ0v) is 18.2. The van der Waals surface area contributed by atoms with Gasteiger partial charge in [-0.2, -0.15) is 0 Å². The summed E-state index contributed by atoms with van der Waals surface area (Å²) in [5.74, 6) is -5.00. The van der Waals surface area contributed by atoms with Crippen LogP contribution < -0.4 is 27.4 Å². The number of unbranched alkanes of at least 4 members (excludes halogenated alkanes) is 1. The summed E-state index contributed by atoms with van der Waals surface area (Å²) in [7, 11) is 0. The van der Waals surface area contributed by atoms with Gasteiger partial charge in [-0.1, -0.05) is 36.8 Å². The third kappa shape index (κ3) is 11.1. The Morgan fingerprint density at radius 1 is 0.848 bits per heavy atom. The Morgan fingerprint density at radius 2 is 1.48 bits per heavy atom. The molecule has 33 heavy (non-hydrogen) atoms. The van der Waals surface area contributed by atoms with E-state index >= 15 is 0 Å². The van der Waals surface area contributed by atoms with E-state index in [-0.39, 0.29) is 6.42 Å². The maximum Gasteiger partial charge on any atom is 0.322 e. The van der Waals surface area contributed by atoms with Crippen molar-refractivity contribution in [3.8, 4) is 0 Å². The fourth-order valence-corrected chi connectivity index (χ4v) is 2.92. The summed E-state index contributed by atoms with van der Waals surface area (Å²) in [6.07, 6.45) is 0.835. The maximum atomic E-state index is 12.8. The zero-order valence-electron chi connectivity index (χ0n) is 18.2. The van der Waals surface area contributed by atoms with E-state index in [4.69, 9.17) is 21.7 Å². The zero-order chi connectivity index (χ0) is 24.8. The molecule has 0 fully saturated rings. The molecule has 1 aromatic carbocycles. The fraction of sp³-hybridized carbons (Fsp3) is 0.476. The van der Waals surface area contributed by atoms with E-state index in [0.717, 1.165) is 0 Å². The third-order valence-electron chi connectivity index (χ3n) is 4.65. The van der Waals surface area contributed by atoms with Crippen LogP contribution >= 0.6 is 0 Å². The quantitative estimate of drug-likeness (QED) is 0.147. The van der Waals surface area contributed by atoms with Crippen LogP contribution in [0.5, 0.6) is 0 Å². The maximum absolute atomic E-state index is 12.8.